The highest BCUT2D eigenvalue weighted by molar-refractivity contribution is 6.42. The van der Waals surface area contributed by atoms with E-state index in [-0.39, 0.29) is 5.91 Å². The van der Waals surface area contributed by atoms with E-state index < -0.39 is 6.10 Å². The minimum atomic E-state index is -0.722. The Morgan fingerprint density at radius 1 is 1.19 bits per heavy atom. The lowest BCUT2D eigenvalue weighted by molar-refractivity contribution is -0.122. The molecular weight excluding hydrogens is 335 g/mol. The third-order valence-electron chi connectivity index (χ3n) is 2.55. The molecule has 0 bridgehead atoms. The number of nitrogens with zero attached hydrogens (tertiary/aromatic N) is 1. The van der Waals surface area contributed by atoms with Crippen LogP contribution < -0.4 is 10.1 Å². The maximum absolute atomic E-state index is 12.0. The number of nitrogens with one attached hydrogen (secondary N) is 1. The third-order valence-corrected chi connectivity index (χ3v) is 3.51. The molecule has 7 heteroatoms. The minimum Gasteiger partial charge on any atom is -0.481 e. The summed E-state index contributed by atoms with van der Waals surface area (Å²) in [6, 6.07) is 8.03. The van der Waals surface area contributed by atoms with Gasteiger partial charge in [0.1, 0.15) is 11.6 Å². The monoisotopic (exact) mass is 344 g/mol. The lowest BCUT2D eigenvalue weighted by Crippen LogP contribution is -2.30. The van der Waals surface area contributed by atoms with Crippen LogP contribution in [0.5, 0.6) is 5.75 Å². The van der Waals surface area contributed by atoms with Gasteiger partial charge in [-0.1, -0.05) is 34.8 Å². The Morgan fingerprint density at radius 3 is 2.57 bits per heavy atom. The van der Waals surface area contributed by atoms with Crippen molar-refractivity contribution in [1.29, 1.82) is 0 Å². The molecule has 0 fully saturated rings. The highest BCUT2D eigenvalue weighted by Crippen LogP contribution is 2.26. The summed E-state index contributed by atoms with van der Waals surface area (Å²) in [4.78, 5) is 16.0. The number of rotatable bonds is 4. The van der Waals surface area contributed by atoms with Crippen LogP contribution in [0.4, 0.5) is 5.82 Å². The van der Waals surface area contributed by atoms with Crippen LogP contribution in [0.15, 0.2) is 36.5 Å². The highest BCUT2D eigenvalue weighted by Gasteiger charge is 2.15. The fraction of sp³-hybridized carbons (Fsp3) is 0.143. The molecule has 0 radical (unpaired) electrons. The molecule has 2 rings (SSSR count). The van der Waals surface area contributed by atoms with Crippen LogP contribution in [0.3, 0.4) is 0 Å². The molecule has 1 aromatic carbocycles. The van der Waals surface area contributed by atoms with Crippen LogP contribution >= 0.6 is 34.8 Å². The molecule has 110 valence electrons. The van der Waals surface area contributed by atoms with Crippen molar-refractivity contribution in [2.75, 3.05) is 5.32 Å². The number of amides is 1. The van der Waals surface area contributed by atoms with Crippen molar-refractivity contribution in [3.63, 3.8) is 0 Å². The van der Waals surface area contributed by atoms with E-state index in [2.05, 4.69) is 10.3 Å². The van der Waals surface area contributed by atoms with Crippen molar-refractivity contribution in [1.82, 2.24) is 4.98 Å². The van der Waals surface area contributed by atoms with Crippen molar-refractivity contribution >= 4 is 46.5 Å². The Kier molecular flexibility index (Phi) is 5.28. The molecule has 0 saturated heterocycles. The highest BCUT2D eigenvalue weighted by atomic mass is 35.5. The van der Waals surface area contributed by atoms with Crippen LogP contribution in [-0.2, 0) is 4.79 Å². The summed E-state index contributed by atoms with van der Waals surface area (Å²) >= 11 is 17.4. The molecule has 0 saturated carbocycles. The van der Waals surface area contributed by atoms with Crippen molar-refractivity contribution < 1.29 is 9.53 Å². The number of hydrogen-bond acceptors (Lipinski definition) is 3. The molecule has 21 heavy (non-hydrogen) atoms. The smallest absolute Gasteiger partial charge is 0.266 e. The van der Waals surface area contributed by atoms with Crippen LogP contribution in [0.2, 0.25) is 15.1 Å². The van der Waals surface area contributed by atoms with Crippen molar-refractivity contribution in [3.05, 3.63) is 51.6 Å². The van der Waals surface area contributed by atoms with Gasteiger partial charge in [0.25, 0.3) is 5.91 Å². The van der Waals surface area contributed by atoms with E-state index in [1.807, 2.05) is 0 Å². The normalized spacial score (nSPS) is 11.8. The molecule has 0 aliphatic rings. The molecule has 1 amide bonds. The summed E-state index contributed by atoms with van der Waals surface area (Å²) in [5, 5.41) is 3.90. The number of anilines is 1. The summed E-state index contributed by atoms with van der Waals surface area (Å²) in [6.07, 6.45) is 0.724. The van der Waals surface area contributed by atoms with E-state index in [0.29, 0.717) is 26.6 Å². The zero-order valence-electron chi connectivity index (χ0n) is 10.9. The number of benzene rings is 1. The second-order valence-electron chi connectivity index (χ2n) is 4.19. The summed E-state index contributed by atoms with van der Waals surface area (Å²) in [7, 11) is 0. The number of carbonyl (C=O) groups is 1. The molecule has 1 N–H and O–H groups in total. The lowest BCUT2D eigenvalue weighted by atomic mass is 10.3. The standard InChI is InChI=1S/C14H11Cl3N2O2/c1-8(21-10-3-4-11(16)12(17)6-10)14(20)19-13-5-2-9(15)7-18-13/h2-8H,1H3,(H,18,19,20)/t8-/m1/s1. The Balaban J connectivity index is 1.98. The molecule has 4 nitrogen and oxygen atoms in total. The van der Waals surface area contributed by atoms with Gasteiger partial charge in [-0.2, -0.15) is 0 Å². The average molecular weight is 346 g/mol. The zero-order valence-corrected chi connectivity index (χ0v) is 13.2. The quantitative estimate of drug-likeness (QED) is 0.890. The fourth-order valence-electron chi connectivity index (χ4n) is 1.49. The van der Waals surface area contributed by atoms with E-state index in [1.165, 1.54) is 6.20 Å². The van der Waals surface area contributed by atoms with Crippen molar-refractivity contribution in [2.24, 2.45) is 0 Å². The Bertz CT molecular complexity index is 647. The van der Waals surface area contributed by atoms with Crippen LogP contribution in [0.25, 0.3) is 0 Å². The van der Waals surface area contributed by atoms with Crippen LogP contribution in [-0.4, -0.2) is 17.0 Å². The molecular formula is C14H11Cl3N2O2. The van der Waals surface area contributed by atoms with Gasteiger partial charge in [-0.3, -0.25) is 4.79 Å². The Morgan fingerprint density at radius 2 is 1.95 bits per heavy atom. The van der Waals surface area contributed by atoms with Crippen molar-refractivity contribution in [3.8, 4) is 5.75 Å². The minimum absolute atomic E-state index is 0.337. The summed E-state index contributed by atoms with van der Waals surface area (Å²) < 4.78 is 5.50. The van der Waals surface area contributed by atoms with E-state index in [9.17, 15) is 4.79 Å². The van der Waals surface area contributed by atoms with Gasteiger partial charge in [0, 0.05) is 12.3 Å². The van der Waals surface area contributed by atoms with Gasteiger partial charge in [0.05, 0.1) is 15.1 Å². The second kappa shape index (κ2) is 6.98. The number of aromatic nitrogens is 1. The van der Waals surface area contributed by atoms with Gasteiger partial charge in [0.15, 0.2) is 6.10 Å². The topological polar surface area (TPSA) is 51.2 Å². The summed E-state index contributed by atoms with van der Waals surface area (Å²) in [5.41, 5.74) is 0. The van der Waals surface area contributed by atoms with Gasteiger partial charge in [0.2, 0.25) is 0 Å². The Labute approximate surface area is 137 Å². The first kappa shape index (κ1) is 15.9. The lowest BCUT2D eigenvalue weighted by Gasteiger charge is -2.14. The van der Waals surface area contributed by atoms with Gasteiger partial charge < -0.3 is 10.1 Å². The Hall–Kier alpha value is -1.49. The number of halogens is 3. The molecule has 1 atom stereocenters. The van der Waals surface area contributed by atoms with Crippen molar-refractivity contribution in [2.45, 2.75) is 13.0 Å². The maximum atomic E-state index is 12.0. The first-order valence-corrected chi connectivity index (χ1v) is 7.13. The number of carbonyl (C=O) groups excluding carboxylic acids is 1. The fourth-order valence-corrected chi connectivity index (χ4v) is 1.89. The van der Waals surface area contributed by atoms with Gasteiger partial charge >= 0.3 is 0 Å². The van der Waals surface area contributed by atoms with E-state index in [1.54, 1.807) is 37.3 Å². The average Bonchev–Trinajstić information content (AvgIpc) is 2.45. The van der Waals surface area contributed by atoms with E-state index >= 15 is 0 Å². The molecule has 0 unspecified atom stereocenters. The molecule has 0 spiro atoms. The summed E-state index contributed by atoms with van der Waals surface area (Å²) in [5.74, 6) is 0.515. The largest absolute Gasteiger partial charge is 0.481 e. The molecule has 2 aromatic rings. The molecule has 0 aliphatic carbocycles. The summed E-state index contributed by atoms with van der Waals surface area (Å²) in [6.45, 7) is 1.62. The predicted octanol–water partition coefficient (Wildman–Crippen LogP) is 4.45. The second-order valence-corrected chi connectivity index (χ2v) is 5.44. The molecule has 0 aliphatic heterocycles. The predicted molar refractivity (Wildman–Crippen MR) is 84.4 cm³/mol. The number of pyridine rings is 1. The first-order chi connectivity index (χ1) is 9.95. The third kappa shape index (κ3) is 4.49. The van der Waals surface area contributed by atoms with Gasteiger partial charge in [-0.15, -0.1) is 0 Å². The SMILES string of the molecule is C[C@@H](Oc1ccc(Cl)c(Cl)c1)C(=O)Nc1ccc(Cl)cn1. The van der Waals surface area contributed by atoms with E-state index in [0.717, 1.165) is 0 Å². The zero-order chi connectivity index (χ0) is 15.4. The van der Waals surface area contributed by atoms with Crippen LogP contribution in [0, 0.1) is 0 Å². The molecule has 1 aromatic heterocycles. The number of hydrogen-bond donors (Lipinski definition) is 1. The van der Waals surface area contributed by atoms with E-state index in [4.69, 9.17) is 39.5 Å². The number of ether oxygens (including phenoxy) is 1. The van der Waals surface area contributed by atoms with Crippen LogP contribution in [0.1, 0.15) is 6.92 Å². The maximum Gasteiger partial charge on any atom is 0.266 e. The van der Waals surface area contributed by atoms with Gasteiger partial charge in [-0.25, -0.2) is 4.98 Å². The molecule has 1 heterocycles. The first-order valence-electron chi connectivity index (χ1n) is 6.00. The van der Waals surface area contributed by atoms with Gasteiger partial charge in [-0.05, 0) is 31.2 Å².